The third-order valence-corrected chi connectivity index (χ3v) is 6.22. The summed E-state index contributed by atoms with van der Waals surface area (Å²) in [4.78, 5) is 12.0. The van der Waals surface area contributed by atoms with Gasteiger partial charge in [-0.25, -0.2) is 0 Å². The van der Waals surface area contributed by atoms with E-state index in [0.29, 0.717) is 0 Å². The van der Waals surface area contributed by atoms with E-state index in [-0.39, 0.29) is 5.91 Å². The van der Waals surface area contributed by atoms with E-state index in [4.69, 9.17) is 1.37 Å². The molecule has 0 aromatic carbocycles. The molecule has 0 aliphatic rings. The van der Waals surface area contributed by atoms with Crippen molar-refractivity contribution < 1.29 is 6.17 Å². The molecule has 0 aromatic rings. The molecule has 1 N–H and O–H groups in total. The number of nitrogens with one attached hydrogen (secondary N) is 1. The van der Waals surface area contributed by atoms with Crippen molar-refractivity contribution in [2.75, 3.05) is 6.54 Å². The van der Waals surface area contributed by atoms with Gasteiger partial charge in [-0.15, -0.1) is 0 Å². The van der Waals surface area contributed by atoms with Crippen LogP contribution in [0.15, 0.2) is 0 Å². The lowest BCUT2D eigenvalue weighted by molar-refractivity contribution is -0.121. The molecule has 0 rings (SSSR count). The second-order valence-electron chi connectivity index (χ2n) is 9.35. The minimum absolute atomic E-state index is 0.0565. The summed E-state index contributed by atoms with van der Waals surface area (Å²) in [6.45, 7) is 5.29. The van der Waals surface area contributed by atoms with Gasteiger partial charge in [-0.3, -0.25) is 4.79 Å². The zero-order valence-corrected chi connectivity index (χ0v) is 21.0. The predicted octanol–water partition coefficient (Wildman–Crippen LogP) is 9.50. The van der Waals surface area contributed by atoms with Crippen molar-refractivity contribution in [1.82, 2.24) is 5.32 Å². The number of carbonyl (C=O) groups is 1. The number of rotatable bonds is 25. The molecule has 0 aliphatic heterocycles. The Morgan fingerprint density at radius 1 is 0.500 bits per heavy atom. The Kier molecular flexibility index (Phi) is 24.3. The van der Waals surface area contributed by atoms with Gasteiger partial charge in [0.05, 0.1) is 0 Å². The SMILES string of the molecule is [2H]C(CCCCCCCCCCCC)C(=O)NCCCCCCCCCCCCCC. The topological polar surface area (TPSA) is 29.1 Å². The molecule has 30 heavy (non-hydrogen) atoms. The molecule has 1 unspecified atom stereocenters. The minimum atomic E-state index is -0.564. The fourth-order valence-corrected chi connectivity index (χ4v) is 4.11. The summed E-state index contributed by atoms with van der Waals surface area (Å²) in [7, 11) is 0. The highest BCUT2D eigenvalue weighted by Crippen LogP contribution is 2.13. The van der Waals surface area contributed by atoms with E-state index in [0.717, 1.165) is 25.8 Å². The summed E-state index contributed by atoms with van der Waals surface area (Å²) in [6, 6.07) is 0. The number of hydrogen-bond acceptors (Lipinski definition) is 1. The summed E-state index contributed by atoms with van der Waals surface area (Å²) >= 11 is 0. The molecule has 0 aliphatic carbocycles. The van der Waals surface area contributed by atoms with Crippen molar-refractivity contribution in [3.63, 3.8) is 0 Å². The Bertz CT molecular complexity index is 361. The Labute approximate surface area is 192 Å². The monoisotopic (exact) mass is 424 g/mol. The van der Waals surface area contributed by atoms with E-state index in [9.17, 15) is 4.79 Å². The van der Waals surface area contributed by atoms with Crippen LogP contribution in [0.3, 0.4) is 0 Å². The molecular weight excluding hydrogens is 366 g/mol. The van der Waals surface area contributed by atoms with Crippen molar-refractivity contribution in [3.05, 3.63) is 0 Å². The van der Waals surface area contributed by atoms with Crippen LogP contribution >= 0.6 is 0 Å². The second-order valence-corrected chi connectivity index (χ2v) is 9.35. The highest BCUT2D eigenvalue weighted by molar-refractivity contribution is 5.75. The molecule has 2 heteroatoms. The standard InChI is InChI=1S/C28H57NO/c1-3-5-7-9-11-13-15-17-19-21-23-25-27-29-28(30)26-24-22-20-18-16-14-12-10-8-6-4-2/h3-27H2,1-2H3,(H,29,30)/i26D. The lowest BCUT2D eigenvalue weighted by Crippen LogP contribution is -2.23. The summed E-state index contributed by atoms with van der Waals surface area (Å²) < 4.78 is 8.04. The second kappa shape index (κ2) is 26.5. The summed E-state index contributed by atoms with van der Waals surface area (Å²) in [5.41, 5.74) is 0. The normalized spacial score (nSPS) is 12.7. The van der Waals surface area contributed by atoms with Crippen LogP contribution in [0.25, 0.3) is 0 Å². The quantitative estimate of drug-likeness (QED) is 0.145. The molecule has 1 amide bonds. The molecule has 0 bridgehead atoms. The molecular formula is C28H57NO. The van der Waals surface area contributed by atoms with Crippen LogP contribution in [0.1, 0.15) is 169 Å². The first-order chi connectivity index (χ1) is 15.2. The molecule has 2 nitrogen and oxygen atoms in total. The fourth-order valence-electron chi connectivity index (χ4n) is 4.11. The molecule has 0 saturated heterocycles. The average Bonchev–Trinajstić information content (AvgIpc) is 2.77. The van der Waals surface area contributed by atoms with Gasteiger partial charge < -0.3 is 5.32 Å². The zero-order valence-electron chi connectivity index (χ0n) is 22.0. The maximum Gasteiger partial charge on any atom is 0.219 e. The number of carbonyl (C=O) groups excluding carboxylic acids is 1. The van der Waals surface area contributed by atoms with Crippen LogP contribution < -0.4 is 5.32 Å². The van der Waals surface area contributed by atoms with Gasteiger partial charge in [0.25, 0.3) is 0 Å². The molecule has 1 atom stereocenters. The van der Waals surface area contributed by atoms with Crippen molar-refractivity contribution in [2.45, 2.75) is 168 Å². The van der Waals surface area contributed by atoms with E-state index < -0.39 is 6.40 Å². The molecule has 0 radical (unpaired) electrons. The maximum absolute atomic E-state index is 12.0. The van der Waals surface area contributed by atoms with Crippen molar-refractivity contribution in [1.29, 1.82) is 0 Å². The van der Waals surface area contributed by atoms with Gasteiger partial charge in [-0.05, 0) is 12.8 Å². The molecule has 0 fully saturated rings. The zero-order chi connectivity index (χ0) is 22.8. The van der Waals surface area contributed by atoms with Crippen LogP contribution in [0.4, 0.5) is 0 Å². The molecule has 0 saturated carbocycles. The van der Waals surface area contributed by atoms with Crippen molar-refractivity contribution in [3.8, 4) is 0 Å². The van der Waals surface area contributed by atoms with Crippen LogP contribution in [0.2, 0.25) is 0 Å². The highest BCUT2D eigenvalue weighted by atomic mass is 16.1. The van der Waals surface area contributed by atoms with Crippen LogP contribution in [-0.4, -0.2) is 12.5 Å². The first-order valence-electron chi connectivity index (χ1n) is 14.5. The predicted molar refractivity (Wildman–Crippen MR) is 135 cm³/mol. The Balaban J connectivity index is 3.29. The Hall–Kier alpha value is -0.530. The van der Waals surface area contributed by atoms with Crippen molar-refractivity contribution >= 4 is 5.91 Å². The largest absolute Gasteiger partial charge is 0.356 e. The molecule has 0 heterocycles. The minimum Gasteiger partial charge on any atom is -0.356 e. The van der Waals surface area contributed by atoms with E-state index in [2.05, 4.69) is 19.2 Å². The average molecular weight is 425 g/mol. The Morgan fingerprint density at radius 2 is 0.800 bits per heavy atom. The first kappa shape index (κ1) is 27.5. The van der Waals surface area contributed by atoms with E-state index in [1.165, 1.54) is 128 Å². The van der Waals surface area contributed by atoms with Gasteiger partial charge in [0, 0.05) is 14.3 Å². The van der Waals surface area contributed by atoms with Crippen LogP contribution in [-0.2, 0) is 4.79 Å². The smallest absolute Gasteiger partial charge is 0.219 e. The summed E-state index contributed by atoms with van der Waals surface area (Å²) in [5.74, 6) is -0.0565. The van der Waals surface area contributed by atoms with Gasteiger partial charge >= 0.3 is 0 Å². The van der Waals surface area contributed by atoms with Gasteiger partial charge in [-0.1, -0.05) is 149 Å². The number of unbranched alkanes of at least 4 members (excludes halogenated alkanes) is 20. The van der Waals surface area contributed by atoms with Gasteiger partial charge in [0.1, 0.15) is 0 Å². The highest BCUT2D eigenvalue weighted by Gasteiger charge is 2.01. The summed E-state index contributed by atoms with van der Waals surface area (Å²) in [6.07, 6.45) is 29.2. The third-order valence-electron chi connectivity index (χ3n) is 6.22. The van der Waals surface area contributed by atoms with Gasteiger partial charge in [-0.2, -0.15) is 0 Å². The number of hydrogen-bond donors (Lipinski definition) is 1. The molecule has 0 aromatic heterocycles. The fraction of sp³-hybridized carbons (Fsp3) is 0.964. The molecule has 180 valence electrons. The van der Waals surface area contributed by atoms with Gasteiger partial charge in [0.15, 0.2) is 0 Å². The molecule has 0 spiro atoms. The first-order valence-corrected chi connectivity index (χ1v) is 13.9. The third kappa shape index (κ3) is 25.5. The Morgan fingerprint density at radius 3 is 1.17 bits per heavy atom. The number of amides is 1. The van der Waals surface area contributed by atoms with Crippen LogP contribution in [0, 0.1) is 0 Å². The van der Waals surface area contributed by atoms with Crippen molar-refractivity contribution in [2.24, 2.45) is 0 Å². The lowest BCUT2D eigenvalue weighted by Gasteiger charge is -2.06. The lowest BCUT2D eigenvalue weighted by atomic mass is 10.0. The summed E-state index contributed by atoms with van der Waals surface area (Å²) in [5, 5.41) is 2.98. The van der Waals surface area contributed by atoms with Gasteiger partial charge in [0.2, 0.25) is 5.91 Å². The van der Waals surface area contributed by atoms with E-state index in [1.54, 1.807) is 0 Å². The van der Waals surface area contributed by atoms with E-state index in [1.807, 2.05) is 0 Å². The van der Waals surface area contributed by atoms with E-state index >= 15 is 0 Å². The van der Waals surface area contributed by atoms with Crippen LogP contribution in [0.5, 0.6) is 0 Å². The maximum atomic E-state index is 12.0.